The summed E-state index contributed by atoms with van der Waals surface area (Å²) in [5, 5.41) is 6.05. The number of hydrogen-bond donors (Lipinski definition) is 2. The molecular weight excluding hydrogens is 486 g/mol. The van der Waals surface area contributed by atoms with E-state index in [2.05, 4.69) is 10.6 Å². The van der Waals surface area contributed by atoms with E-state index in [0.29, 0.717) is 33.3 Å². The lowest BCUT2D eigenvalue weighted by Crippen LogP contribution is -2.35. The van der Waals surface area contributed by atoms with Gasteiger partial charge in [-0.3, -0.25) is 19.3 Å². The van der Waals surface area contributed by atoms with Gasteiger partial charge in [-0.25, -0.2) is 0 Å². The van der Waals surface area contributed by atoms with Crippen LogP contribution >= 0.6 is 11.8 Å². The van der Waals surface area contributed by atoms with Crippen LogP contribution in [0.3, 0.4) is 0 Å². The molecule has 0 unspecified atom stereocenters. The van der Waals surface area contributed by atoms with Gasteiger partial charge in [0.2, 0.25) is 0 Å². The van der Waals surface area contributed by atoms with Gasteiger partial charge in [-0.15, -0.1) is 0 Å². The standard InChI is InChI=1S/C29H29N3O4S/c1-18(2)17-32-28(34)25(30-21-13-11-19(3)12-14-21)26(29(32)35)37-24-10-6-8-22(16-24)31-27(33)20-7-5-9-23(15-20)36-4/h5-16,18,30H,17H2,1-4H3,(H,31,33). The molecule has 3 aromatic rings. The molecule has 1 aliphatic rings. The van der Waals surface area contributed by atoms with Crippen molar-refractivity contribution in [3.05, 3.63) is 94.5 Å². The number of carbonyl (C=O) groups is 3. The number of amides is 3. The van der Waals surface area contributed by atoms with Crippen LogP contribution in [0.1, 0.15) is 29.8 Å². The maximum absolute atomic E-state index is 13.3. The number of anilines is 2. The van der Waals surface area contributed by atoms with Crippen LogP contribution in [0.5, 0.6) is 5.75 Å². The van der Waals surface area contributed by atoms with E-state index in [4.69, 9.17) is 4.74 Å². The molecule has 4 rings (SSSR count). The summed E-state index contributed by atoms with van der Waals surface area (Å²) in [4.78, 5) is 41.7. The molecule has 0 fully saturated rings. The molecule has 1 heterocycles. The van der Waals surface area contributed by atoms with Crippen LogP contribution in [0, 0.1) is 12.8 Å². The number of hydrogen-bond acceptors (Lipinski definition) is 6. The number of benzene rings is 3. The van der Waals surface area contributed by atoms with Crippen LogP contribution in [0.4, 0.5) is 11.4 Å². The first kappa shape index (κ1) is 26.0. The molecule has 0 bridgehead atoms. The van der Waals surface area contributed by atoms with E-state index in [-0.39, 0.29) is 29.3 Å². The lowest BCUT2D eigenvalue weighted by atomic mass is 10.2. The minimum Gasteiger partial charge on any atom is -0.497 e. The van der Waals surface area contributed by atoms with E-state index in [9.17, 15) is 14.4 Å². The molecule has 3 amide bonds. The second kappa shape index (κ2) is 11.3. The van der Waals surface area contributed by atoms with E-state index >= 15 is 0 Å². The number of rotatable bonds is 9. The summed E-state index contributed by atoms with van der Waals surface area (Å²) in [6.07, 6.45) is 0. The highest BCUT2D eigenvalue weighted by Crippen LogP contribution is 2.37. The molecule has 1 aliphatic heterocycles. The zero-order valence-corrected chi connectivity index (χ0v) is 22.0. The minimum absolute atomic E-state index is 0.132. The molecule has 2 N–H and O–H groups in total. The summed E-state index contributed by atoms with van der Waals surface area (Å²) in [6, 6.07) is 21.7. The molecule has 0 aromatic heterocycles. The predicted octanol–water partition coefficient (Wildman–Crippen LogP) is 5.70. The number of aryl methyl sites for hydroxylation is 1. The van der Waals surface area contributed by atoms with Gasteiger partial charge in [0.1, 0.15) is 16.4 Å². The molecule has 37 heavy (non-hydrogen) atoms. The van der Waals surface area contributed by atoms with Crippen molar-refractivity contribution in [2.75, 3.05) is 24.3 Å². The Morgan fingerprint density at radius 3 is 2.38 bits per heavy atom. The normalized spacial score (nSPS) is 13.4. The fourth-order valence-corrected chi connectivity index (χ4v) is 4.80. The third-order valence-corrected chi connectivity index (χ3v) is 6.71. The van der Waals surface area contributed by atoms with Crippen molar-refractivity contribution in [1.29, 1.82) is 0 Å². The van der Waals surface area contributed by atoms with Crippen molar-refractivity contribution in [1.82, 2.24) is 4.90 Å². The number of carbonyl (C=O) groups excluding carboxylic acids is 3. The molecule has 8 heteroatoms. The Morgan fingerprint density at radius 1 is 0.946 bits per heavy atom. The average molecular weight is 516 g/mol. The van der Waals surface area contributed by atoms with E-state index in [0.717, 1.165) is 11.3 Å². The molecular formula is C29H29N3O4S. The number of nitrogens with one attached hydrogen (secondary N) is 2. The van der Waals surface area contributed by atoms with Crippen LogP contribution in [0.2, 0.25) is 0 Å². The number of thioether (sulfide) groups is 1. The summed E-state index contributed by atoms with van der Waals surface area (Å²) in [5.41, 5.74) is 3.11. The maximum atomic E-state index is 13.3. The fraction of sp³-hybridized carbons (Fsp3) is 0.207. The molecule has 0 radical (unpaired) electrons. The molecule has 7 nitrogen and oxygen atoms in total. The predicted molar refractivity (Wildman–Crippen MR) is 147 cm³/mol. The lowest BCUT2D eigenvalue weighted by Gasteiger charge is -2.17. The van der Waals surface area contributed by atoms with Crippen LogP contribution in [0.15, 0.2) is 88.3 Å². The highest BCUT2D eigenvalue weighted by molar-refractivity contribution is 8.04. The van der Waals surface area contributed by atoms with Gasteiger partial charge in [-0.1, -0.05) is 55.4 Å². The smallest absolute Gasteiger partial charge is 0.278 e. The Hall–Kier alpha value is -4.04. The molecule has 0 aliphatic carbocycles. The largest absolute Gasteiger partial charge is 0.497 e. The van der Waals surface area contributed by atoms with Gasteiger partial charge in [0.25, 0.3) is 17.7 Å². The highest BCUT2D eigenvalue weighted by Gasteiger charge is 2.39. The van der Waals surface area contributed by atoms with E-state index in [1.807, 2.05) is 51.1 Å². The highest BCUT2D eigenvalue weighted by atomic mass is 32.2. The van der Waals surface area contributed by atoms with E-state index in [1.165, 1.54) is 16.7 Å². The zero-order chi connectivity index (χ0) is 26.5. The minimum atomic E-state index is -0.343. The number of imide groups is 1. The van der Waals surface area contributed by atoms with Crippen LogP contribution < -0.4 is 15.4 Å². The Kier molecular flexibility index (Phi) is 7.98. The van der Waals surface area contributed by atoms with Crippen LogP contribution in [-0.2, 0) is 9.59 Å². The summed E-state index contributed by atoms with van der Waals surface area (Å²) < 4.78 is 5.20. The fourth-order valence-electron chi connectivity index (χ4n) is 3.79. The second-order valence-electron chi connectivity index (χ2n) is 9.13. The van der Waals surface area contributed by atoms with E-state index < -0.39 is 0 Å². The van der Waals surface area contributed by atoms with Gasteiger partial charge >= 0.3 is 0 Å². The third kappa shape index (κ3) is 6.21. The maximum Gasteiger partial charge on any atom is 0.278 e. The Bertz CT molecular complexity index is 1370. The average Bonchev–Trinajstić information content (AvgIpc) is 3.09. The molecule has 3 aromatic carbocycles. The number of methoxy groups -OCH3 is 1. The molecule has 190 valence electrons. The van der Waals surface area contributed by atoms with Crippen LogP contribution in [-0.4, -0.2) is 36.3 Å². The lowest BCUT2D eigenvalue weighted by molar-refractivity contribution is -0.137. The van der Waals surface area contributed by atoms with Crippen molar-refractivity contribution in [3.63, 3.8) is 0 Å². The monoisotopic (exact) mass is 515 g/mol. The van der Waals surface area contributed by atoms with Crippen molar-refractivity contribution in [2.45, 2.75) is 25.7 Å². The van der Waals surface area contributed by atoms with E-state index in [1.54, 1.807) is 49.6 Å². The SMILES string of the molecule is COc1cccc(C(=O)Nc2cccc(SC3=C(Nc4ccc(C)cc4)C(=O)N(CC(C)C)C3=O)c2)c1. The van der Waals surface area contributed by atoms with Gasteiger partial charge in [-0.05, 0) is 61.4 Å². The van der Waals surface area contributed by atoms with Gasteiger partial charge in [0, 0.05) is 28.4 Å². The molecule has 0 saturated heterocycles. The number of nitrogens with zero attached hydrogens (tertiary/aromatic N) is 1. The first-order valence-electron chi connectivity index (χ1n) is 11.9. The first-order valence-corrected chi connectivity index (χ1v) is 12.7. The summed E-state index contributed by atoms with van der Waals surface area (Å²) >= 11 is 1.20. The van der Waals surface area contributed by atoms with Crippen molar-refractivity contribution < 1.29 is 19.1 Å². The van der Waals surface area contributed by atoms with Gasteiger partial charge < -0.3 is 15.4 Å². The Morgan fingerprint density at radius 2 is 1.68 bits per heavy atom. The van der Waals surface area contributed by atoms with Crippen LogP contribution in [0.25, 0.3) is 0 Å². The summed E-state index contributed by atoms with van der Waals surface area (Å²) in [7, 11) is 1.55. The van der Waals surface area contributed by atoms with Crippen molar-refractivity contribution in [2.24, 2.45) is 5.92 Å². The van der Waals surface area contributed by atoms with Gasteiger partial charge in [0.15, 0.2) is 0 Å². The van der Waals surface area contributed by atoms with Gasteiger partial charge in [-0.2, -0.15) is 0 Å². The Labute approximate surface area is 220 Å². The molecule has 0 atom stereocenters. The topological polar surface area (TPSA) is 87.7 Å². The number of ether oxygens (including phenoxy) is 1. The second-order valence-corrected chi connectivity index (χ2v) is 10.2. The van der Waals surface area contributed by atoms with Crippen molar-refractivity contribution >= 4 is 40.9 Å². The zero-order valence-electron chi connectivity index (χ0n) is 21.2. The molecule has 0 spiro atoms. The molecule has 0 saturated carbocycles. The first-order chi connectivity index (χ1) is 17.7. The summed E-state index contributed by atoms with van der Waals surface area (Å²) in [6.45, 7) is 6.25. The van der Waals surface area contributed by atoms with Crippen molar-refractivity contribution in [3.8, 4) is 5.75 Å². The summed E-state index contributed by atoms with van der Waals surface area (Å²) in [5.74, 6) is -0.230. The quantitative estimate of drug-likeness (QED) is 0.356. The third-order valence-electron chi connectivity index (χ3n) is 5.64. The Balaban J connectivity index is 1.59. The van der Waals surface area contributed by atoms with Gasteiger partial charge in [0.05, 0.1) is 7.11 Å².